The third kappa shape index (κ3) is 1.63. The summed E-state index contributed by atoms with van der Waals surface area (Å²) in [5.74, 6) is -1.49. The number of hydrogen-bond donors (Lipinski definition) is 1. The van der Waals surface area contributed by atoms with E-state index in [1.807, 2.05) is 0 Å². The summed E-state index contributed by atoms with van der Waals surface area (Å²) in [7, 11) is 1.72. The molecule has 1 N–H and O–H groups in total. The van der Waals surface area contributed by atoms with Crippen molar-refractivity contribution < 1.29 is 14.4 Å². The highest BCUT2D eigenvalue weighted by Gasteiger charge is 2.18. The highest BCUT2D eigenvalue weighted by atomic mass is 79.9. The van der Waals surface area contributed by atoms with Gasteiger partial charge in [-0.2, -0.15) is 10.1 Å². The first-order valence-corrected chi connectivity index (χ1v) is 4.63. The second-order valence-electron chi connectivity index (χ2n) is 2.70. The van der Waals surface area contributed by atoms with Crippen molar-refractivity contribution in [1.29, 1.82) is 0 Å². The summed E-state index contributed by atoms with van der Waals surface area (Å²) in [6.45, 7) is 0. The number of carboxylic acids is 1. The van der Waals surface area contributed by atoms with Crippen LogP contribution in [0, 0.1) is 0 Å². The number of carbonyl (C=O) groups is 1. The Morgan fingerprint density at radius 1 is 1.67 bits per heavy atom. The molecule has 0 spiro atoms. The quantitative estimate of drug-likeness (QED) is 0.874. The minimum absolute atomic E-state index is 0.118. The molecular formula is C7H5BrN4O3. The molecule has 0 atom stereocenters. The van der Waals surface area contributed by atoms with Crippen LogP contribution in [0.15, 0.2) is 15.3 Å². The fraction of sp³-hybridized carbons (Fsp3) is 0.143. The molecule has 0 fully saturated rings. The lowest BCUT2D eigenvalue weighted by Crippen LogP contribution is -1.98. The largest absolute Gasteiger partial charge is 0.475 e. The second-order valence-corrected chi connectivity index (χ2v) is 3.45. The molecule has 15 heavy (non-hydrogen) atoms. The molecule has 0 aliphatic heterocycles. The summed E-state index contributed by atoms with van der Waals surface area (Å²) < 4.78 is 6.98. The maximum Gasteiger partial charge on any atom is 0.377 e. The molecule has 0 aliphatic carbocycles. The molecule has 0 amide bonds. The Morgan fingerprint density at radius 3 is 2.87 bits per heavy atom. The zero-order valence-corrected chi connectivity index (χ0v) is 9.09. The van der Waals surface area contributed by atoms with E-state index in [2.05, 4.69) is 31.2 Å². The Bertz CT molecular complexity index is 518. The van der Waals surface area contributed by atoms with Crippen LogP contribution < -0.4 is 0 Å². The first-order valence-electron chi connectivity index (χ1n) is 3.84. The Labute approximate surface area is 91.8 Å². The van der Waals surface area contributed by atoms with Gasteiger partial charge in [0.1, 0.15) is 4.60 Å². The average Bonchev–Trinajstić information content (AvgIpc) is 2.76. The van der Waals surface area contributed by atoms with Gasteiger partial charge in [0.2, 0.25) is 0 Å². The van der Waals surface area contributed by atoms with Crippen molar-refractivity contribution in [2.24, 2.45) is 7.05 Å². The lowest BCUT2D eigenvalue weighted by atomic mass is 10.4. The predicted octanol–water partition coefficient (Wildman–Crippen LogP) is 0.931. The summed E-state index contributed by atoms with van der Waals surface area (Å²) in [6, 6.07) is 0. The van der Waals surface area contributed by atoms with Gasteiger partial charge in [-0.25, -0.2) is 4.79 Å². The van der Waals surface area contributed by atoms with Crippen LogP contribution in [0.1, 0.15) is 10.6 Å². The van der Waals surface area contributed by atoms with Crippen molar-refractivity contribution in [1.82, 2.24) is 19.9 Å². The van der Waals surface area contributed by atoms with Crippen LogP contribution in [-0.2, 0) is 7.05 Å². The molecule has 0 aromatic carbocycles. The van der Waals surface area contributed by atoms with Crippen LogP contribution in [0.5, 0.6) is 0 Å². The molecule has 7 nitrogen and oxygen atoms in total. The first kappa shape index (κ1) is 9.84. The summed E-state index contributed by atoms with van der Waals surface area (Å²) in [6.07, 6.45) is 1.50. The number of hydrogen-bond acceptors (Lipinski definition) is 5. The summed E-state index contributed by atoms with van der Waals surface area (Å²) in [5.41, 5.74) is 0.553. The van der Waals surface area contributed by atoms with E-state index in [1.54, 1.807) is 11.7 Å². The fourth-order valence-electron chi connectivity index (χ4n) is 0.986. The maximum atomic E-state index is 10.5. The van der Waals surface area contributed by atoms with E-state index in [9.17, 15) is 4.79 Å². The Hall–Kier alpha value is -1.70. The zero-order chi connectivity index (χ0) is 11.0. The lowest BCUT2D eigenvalue weighted by Gasteiger charge is -1.91. The van der Waals surface area contributed by atoms with E-state index in [4.69, 9.17) is 9.63 Å². The third-order valence-corrected chi connectivity index (χ3v) is 2.65. The summed E-state index contributed by atoms with van der Waals surface area (Å²) >= 11 is 3.26. The standard InChI is InChI=1S/C7H5BrN4O3/c1-12-4(8)3(2-9-12)6-10-5(7(13)14)11-15-6/h2H,1H3,(H,13,14). The number of rotatable bonds is 2. The van der Waals surface area contributed by atoms with Crippen LogP contribution in [0.2, 0.25) is 0 Å². The number of carboxylic acid groups (broad SMARTS) is 1. The molecule has 2 aromatic rings. The van der Waals surface area contributed by atoms with Gasteiger partial charge in [-0.15, -0.1) is 0 Å². The van der Waals surface area contributed by atoms with Gasteiger partial charge in [-0.05, 0) is 21.1 Å². The Morgan fingerprint density at radius 2 is 2.40 bits per heavy atom. The number of halogens is 1. The molecule has 2 heterocycles. The van der Waals surface area contributed by atoms with E-state index < -0.39 is 5.97 Å². The SMILES string of the molecule is Cn1ncc(-c2nc(C(=O)O)no2)c1Br. The first-order chi connectivity index (χ1) is 7.09. The number of nitrogens with zero attached hydrogens (tertiary/aromatic N) is 4. The predicted molar refractivity (Wildman–Crippen MR) is 51.2 cm³/mol. The normalized spacial score (nSPS) is 10.5. The number of aromatic carboxylic acids is 1. The molecule has 2 aromatic heterocycles. The lowest BCUT2D eigenvalue weighted by molar-refractivity contribution is 0.0680. The van der Waals surface area contributed by atoms with Crippen molar-refractivity contribution in [2.75, 3.05) is 0 Å². The molecule has 0 saturated carbocycles. The molecule has 0 aliphatic rings. The van der Waals surface area contributed by atoms with Gasteiger partial charge < -0.3 is 9.63 Å². The van der Waals surface area contributed by atoms with Gasteiger partial charge in [0.15, 0.2) is 0 Å². The van der Waals surface area contributed by atoms with Crippen molar-refractivity contribution in [3.63, 3.8) is 0 Å². The topological polar surface area (TPSA) is 94.0 Å². The van der Waals surface area contributed by atoms with E-state index in [0.29, 0.717) is 10.2 Å². The van der Waals surface area contributed by atoms with E-state index in [-0.39, 0.29) is 11.7 Å². The van der Waals surface area contributed by atoms with Gasteiger partial charge in [0.25, 0.3) is 11.7 Å². The highest BCUT2D eigenvalue weighted by molar-refractivity contribution is 9.10. The molecule has 78 valence electrons. The van der Waals surface area contributed by atoms with Crippen molar-refractivity contribution in [3.8, 4) is 11.5 Å². The smallest absolute Gasteiger partial charge is 0.377 e. The highest BCUT2D eigenvalue weighted by Crippen LogP contribution is 2.25. The third-order valence-electron chi connectivity index (χ3n) is 1.71. The van der Waals surface area contributed by atoms with Crippen LogP contribution >= 0.6 is 15.9 Å². The van der Waals surface area contributed by atoms with E-state index in [0.717, 1.165) is 0 Å². The molecule has 0 saturated heterocycles. The molecule has 0 radical (unpaired) electrons. The molecule has 0 unspecified atom stereocenters. The second kappa shape index (κ2) is 3.46. The maximum absolute atomic E-state index is 10.5. The van der Waals surface area contributed by atoms with Crippen LogP contribution in [0.4, 0.5) is 0 Å². The average molecular weight is 273 g/mol. The van der Waals surface area contributed by atoms with Crippen LogP contribution in [-0.4, -0.2) is 31.0 Å². The number of aromatic nitrogens is 4. The molecule has 8 heteroatoms. The molecular weight excluding hydrogens is 268 g/mol. The summed E-state index contributed by atoms with van der Waals surface area (Å²) in [4.78, 5) is 14.2. The minimum Gasteiger partial charge on any atom is -0.475 e. The van der Waals surface area contributed by atoms with Gasteiger partial charge in [-0.3, -0.25) is 4.68 Å². The van der Waals surface area contributed by atoms with E-state index in [1.165, 1.54) is 6.20 Å². The van der Waals surface area contributed by atoms with Crippen molar-refractivity contribution in [3.05, 3.63) is 16.6 Å². The molecule has 2 rings (SSSR count). The van der Waals surface area contributed by atoms with Crippen LogP contribution in [0.25, 0.3) is 11.5 Å². The van der Waals surface area contributed by atoms with Crippen molar-refractivity contribution >= 4 is 21.9 Å². The van der Waals surface area contributed by atoms with Gasteiger partial charge in [-0.1, -0.05) is 0 Å². The zero-order valence-electron chi connectivity index (χ0n) is 7.51. The van der Waals surface area contributed by atoms with E-state index >= 15 is 0 Å². The minimum atomic E-state index is -1.23. The van der Waals surface area contributed by atoms with Gasteiger partial charge in [0.05, 0.1) is 11.8 Å². The summed E-state index contributed by atoms with van der Waals surface area (Å²) in [5, 5.41) is 15.8. The van der Waals surface area contributed by atoms with Gasteiger partial charge >= 0.3 is 5.97 Å². The fourth-order valence-corrected chi connectivity index (χ4v) is 1.35. The number of aryl methyl sites for hydroxylation is 1. The Balaban J connectivity index is 2.46. The van der Waals surface area contributed by atoms with Gasteiger partial charge in [0, 0.05) is 7.05 Å². The van der Waals surface area contributed by atoms with Crippen LogP contribution in [0.3, 0.4) is 0 Å². The molecule has 0 bridgehead atoms. The Kier molecular flexibility index (Phi) is 2.27. The van der Waals surface area contributed by atoms with Crippen molar-refractivity contribution in [2.45, 2.75) is 0 Å². The monoisotopic (exact) mass is 272 g/mol.